The number of hydrogen-bond acceptors (Lipinski definition) is 3. The van der Waals surface area contributed by atoms with Gasteiger partial charge in [-0.3, -0.25) is 9.59 Å². The van der Waals surface area contributed by atoms with Crippen molar-refractivity contribution in [2.24, 2.45) is 0 Å². The highest BCUT2D eigenvalue weighted by atomic mass is 35.5. The molecule has 0 aliphatic carbocycles. The molecule has 0 aromatic heterocycles. The van der Waals surface area contributed by atoms with Gasteiger partial charge in [0.1, 0.15) is 0 Å². The average molecular weight is 318 g/mol. The maximum Gasteiger partial charge on any atom is 0.314 e. The van der Waals surface area contributed by atoms with E-state index in [0.29, 0.717) is 27.6 Å². The standard InChI is InChI=1S/C16H16ClN3O2/c1-9-6-7-12(18)14(8-9)20-16(22)15(21)19-13-5-3-4-11(17)10(13)2/h3-8H,18H2,1-2H3,(H,19,21)(H,20,22). The molecule has 0 radical (unpaired) electrons. The lowest BCUT2D eigenvalue weighted by Gasteiger charge is -2.11. The van der Waals surface area contributed by atoms with E-state index in [1.165, 1.54) is 0 Å². The van der Waals surface area contributed by atoms with Crippen molar-refractivity contribution in [3.63, 3.8) is 0 Å². The number of carbonyl (C=O) groups excluding carboxylic acids is 2. The summed E-state index contributed by atoms with van der Waals surface area (Å²) in [5, 5.41) is 5.54. The van der Waals surface area contributed by atoms with Crippen LogP contribution >= 0.6 is 11.6 Å². The minimum Gasteiger partial charge on any atom is -0.397 e. The molecule has 2 aromatic rings. The van der Waals surface area contributed by atoms with E-state index in [2.05, 4.69) is 10.6 Å². The van der Waals surface area contributed by atoms with E-state index in [9.17, 15) is 9.59 Å². The number of amides is 2. The van der Waals surface area contributed by atoms with E-state index < -0.39 is 11.8 Å². The number of benzene rings is 2. The summed E-state index contributed by atoms with van der Waals surface area (Å²) in [7, 11) is 0. The molecule has 0 saturated heterocycles. The summed E-state index contributed by atoms with van der Waals surface area (Å²) in [6, 6.07) is 10.3. The first-order valence-corrected chi connectivity index (χ1v) is 7.00. The predicted molar refractivity (Wildman–Crippen MR) is 89.0 cm³/mol. The second-order valence-electron chi connectivity index (χ2n) is 4.91. The topological polar surface area (TPSA) is 84.2 Å². The smallest absolute Gasteiger partial charge is 0.314 e. The van der Waals surface area contributed by atoms with Crippen molar-refractivity contribution < 1.29 is 9.59 Å². The van der Waals surface area contributed by atoms with Crippen molar-refractivity contribution in [3.8, 4) is 0 Å². The zero-order chi connectivity index (χ0) is 16.3. The van der Waals surface area contributed by atoms with Crippen LogP contribution in [0, 0.1) is 13.8 Å². The third-order valence-electron chi connectivity index (χ3n) is 3.18. The highest BCUT2D eigenvalue weighted by Gasteiger charge is 2.16. The molecule has 0 aliphatic rings. The monoisotopic (exact) mass is 317 g/mol. The number of halogens is 1. The Balaban J connectivity index is 2.11. The molecular formula is C16H16ClN3O2. The third-order valence-corrected chi connectivity index (χ3v) is 3.59. The highest BCUT2D eigenvalue weighted by Crippen LogP contribution is 2.23. The SMILES string of the molecule is Cc1ccc(N)c(NC(=O)C(=O)Nc2cccc(Cl)c2C)c1. The first-order chi connectivity index (χ1) is 10.4. The molecular weight excluding hydrogens is 302 g/mol. The fraction of sp³-hybridized carbons (Fsp3) is 0.125. The van der Waals surface area contributed by atoms with Gasteiger partial charge in [-0.2, -0.15) is 0 Å². The Bertz CT molecular complexity index is 730. The summed E-state index contributed by atoms with van der Waals surface area (Å²) < 4.78 is 0. The van der Waals surface area contributed by atoms with Crippen LogP contribution in [0.5, 0.6) is 0 Å². The molecule has 22 heavy (non-hydrogen) atoms. The van der Waals surface area contributed by atoms with E-state index in [0.717, 1.165) is 5.56 Å². The Labute approximate surface area is 133 Å². The number of aryl methyl sites for hydroxylation is 1. The molecule has 0 aliphatic heterocycles. The van der Waals surface area contributed by atoms with Gasteiger partial charge in [-0.25, -0.2) is 0 Å². The van der Waals surface area contributed by atoms with Crippen molar-refractivity contribution in [2.45, 2.75) is 13.8 Å². The van der Waals surface area contributed by atoms with Crippen molar-refractivity contribution in [2.75, 3.05) is 16.4 Å². The minimum atomic E-state index is -0.795. The van der Waals surface area contributed by atoms with Gasteiger partial charge in [0.25, 0.3) is 0 Å². The van der Waals surface area contributed by atoms with Crippen molar-refractivity contribution in [1.82, 2.24) is 0 Å². The lowest BCUT2D eigenvalue weighted by Crippen LogP contribution is -2.29. The lowest BCUT2D eigenvalue weighted by molar-refractivity contribution is -0.132. The summed E-state index contributed by atoms with van der Waals surface area (Å²) >= 11 is 5.98. The molecule has 2 rings (SSSR count). The molecule has 0 unspecified atom stereocenters. The van der Waals surface area contributed by atoms with Crippen molar-refractivity contribution in [1.29, 1.82) is 0 Å². The second kappa shape index (κ2) is 6.49. The third kappa shape index (κ3) is 3.56. The van der Waals surface area contributed by atoms with Crippen LogP contribution in [0.3, 0.4) is 0 Å². The molecule has 5 nitrogen and oxygen atoms in total. The predicted octanol–water partition coefficient (Wildman–Crippen LogP) is 3.12. The number of hydrogen-bond donors (Lipinski definition) is 3. The lowest BCUT2D eigenvalue weighted by atomic mass is 10.2. The van der Waals surface area contributed by atoms with Gasteiger partial charge in [0.05, 0.1) is 11.4 Å². The first kappa shape index (κ1) is 15.9. The number of carbonyl (C=O) groups is 2. The molecule has 0 spiro atoms. The zero-order valence-electron chi connectivity index (χ0n) is 12.2. The van der Waals surface area contributed by atoms with Crippen LogP contribution in [-0.4, -0.2) is 11.8 Å². The van der Waals surface area contributed by atoms with E-state index in [-0.39, 0.29) is 0 Å². The van der Waals surface area contributed by atoms with Crippen LogP contribution in [0.25, 0.3) is 0 Å². The number of anilines is 3. The van der Waals surface area contributed by atoms with Crippen molar-refractivity contribution in [3.05, 3.63) is 52.5 Å². The summed E-state index contributed by atoms with van der Waals surface area (Å²) in [6.07, 6.45) is 0. The van der Waals surface area contributed by atoms with Crippen LogP contribution in [0.4, 0.5) is 17.1 Å². The summed E-state index contributed by atoms with van der Waals surface area (Å²) in [6.45, 7) is 3.62. The second-order valence-corrected chi connectivity index (χ2v) is 5.32. The van der Waals surface area contributed by atoms with Crippen molar-refractivity contribution >= 4 is 40.5 Å². The van der Waals surface area contributed by atoms with Gasteiger partial charge in [-0.15, -0.1) is 0 Å². The Morgan fingerprint density at radius 2 is 1.64 bits per heavy atom. The van der Waals surface area contributed by atoms with Gasteiger partial charge < -0.3 is 16.4 Å². The molecule has 4 N–H and O–H groups in total. The van der Waals surface area contributed by atoms with E-state index in [1.807, 2.05) is 13.0 Å². The minimum absolute atomic E-state index is 0.394. The molecule has 0 atom stereocenters. The molecule has 0 saturated carbocycles. The zero-order valence-corrected chi connectivity index (χ0v) is 13.0. The van der Waals surface area contributed by atoms with Gasteiger partial charge in [-0.05, 0) is 49.2 Å². The molecule has 114 valence electrons. The van der Waals surface area contributed by atoms with Gasteiger partial charge in [0.15, 0.2) is 0 Å². The van der Waals surface area contributed by atoms with Crippen LogP contribution in [0.1, 0.15) is 11.1 Å². The quantitative estimate of drug-likeness (QED) is 0.587. The molecule has 0 fully saturated rings. The normalized spacial score (nSPS) is 10.1. The van der Waals surface area contributed by atoms with Crippen LogP contribution in [0.2, 0.25) is 5.02 Å². The number of nitrogen functional groups attached to an aromatic ring is 1. The first-order valence-electron chi connectivity index (χ1n) is 6.62. The highest BCUT2D eigenvalue weighted by molar-refractivity contribution is 6.44. The van der Waals surface area contributed by atoms with Gasteiger partial charge in [0, 0.05) is 10.7 Å². The van der Waals surface area contributed by atoms with E-state index in [1.54, 1.807) is 37.3 Å². The summed E-state index contributed by atoms with van der Waals surface area (Å²) in [5.74, 6) is -1.58. The largest absolute Gasteiger partial charge is 0.397 e. The maximum atomic E-state index is 12.0. The molecule has 2 aromatic carbocycles. The molecule has 0 heterocycles. The molecule has 6 heteroatoms. The fourth-order valence-corrected chi connectivity index (χ4v) is 2.05. The maximum absolute atomic E-state index is 12.0. The summed E-state index contributed by atoms with van der Waals surface area (Å²) in [5.41, 5.74) is 8.68. The van der Waals surface area contributed by atoms with Gasteiger partial charge >= 0.3 is 11.8 Å². The van der Waals surface area contributed by atoms with Gasteiger partial charge in [-0.1, -0.05) is 23.7 Å². The average Bonchev–Trinajstić information content (AvgIpc) is 2.47. The van der Waals surface area contributed by atoms with E-state index in [4.69, 9.17) is 17.3 Å². The summed E-state index contributed by atoms with van der Waals surface area (Å²) in [4.78, 5) is 23.9. The Morgan fingerprint density at radius 1 is 1.00 bits per heavy atom. The van der Waals surface area contributed by atoms with Crippen LogP contribution in [0.15, 0.2) is 36.4 Å². The Hall–Kier alpha value is -2.53. The van der Waals surface area contributed by atoms with E-state index >= 15 is 0 Å². The number of nitrogens with one attached hydrogen (secondary N) is 2. The Morgan fingerprint density at radius 3 is 2.32 bits per heavy atom. The Kier molecular flexibility index (Phi) is 4.68. The number of rotatable bonds is 2. The fourth-order valence-electron chi connectivity index (χ4n) is 1.88. The number of nitrogens with two attached hydrogens (primary N) is 1. The van der Waals surface area contributed by atoms with Crippen LogP contribution < -0.4 is 16.4 Å². The molecule has 0 bridgehead atoms. The van der Waals surface area contributed by atoms with Gasteiger partial charge in [0.2, 0.25) is 0 Å². The van der Waals surface area contributed by atoms with Crippen LogP contribution in [-0.2, 0) is 9.59 Å². The molecule has 2 amide bonds.